The van der Waals surface area contributed by atoms with Gasteiger partial charge in [0.15, 0.2) is 0 Å². The Morgan fingerprint density at radius 1 is 1.37 bits per heavy atom. The van der Waals surface area contributed by atoms with E-state index < -0.39 is 10.0 Å². The molecule has 1 aromatic carbocycles. The maximum atomic E-state index is 12.6. The van der Waals surface area contributed by atoms with Crippen LogP contribution in [-0.4, -0.2) is 31.4 Å². The highest BCUT2D eigenvalue weighted by Gasteiger charge is 2.34. The van der Waals surface area contributed by atoms with Gasteiger partial charge in [0.05, 0.1) is 5.02 Å². The largest absolute Gasteiger partial charge is 0.328 e. The fraction of sp³-hybridized carbons (Fsp3) is 0.500. The van der Waals surface area contributed by atoms with Gasteiger partial charge in [0.25, 0.3) is 0 Å². The quantitative estimate of drug-likeness (QED) is 0.909. The maximum Gasteiger partial charge on any atom is 0.244 e. The fourth-order valence-corrected chi connectivity index (χ4v) is 4.74. The second-order valence-corrected chi connectivity index (χ2v) is 7.53. The van der Waals surface area contributed by atoms with Crippen molar-refractivity contribution < 1.29 is 8.42 Å². The molecule has 0 saturated carbocycles. The number of nitrogens with zero attached hydrogens (tertiary/aromatic N) is 1. The zero-order valence-corrected chi connectivity index (χ0v) is 12.8. The minimum Gasteiger partial charge on any atom is -0.328 e. The molecule has 2 atom stereocenters. The Hall–Kier alpha value is -0.330. The number of sulfonamides is 1. The minimum atomic E-state index is -3.63. The smallest absolute Gasteiger partial charge is 0.244 e. The van der Waals surface area contributed by atoms with Crippen LogP contribution in [-0.2, 0) is 10.0 Å². The molecule has 2 rings (SSSR count). The van der Waals surface area contributed by atoms with Crippen LogP contribution >= 0.6 is 23.2 Å². The van der Waals surface area contributed by atoms with E-state index in [9.17, 15) is 8.42 Å². The van der Waals surface area contributed by atoms with E-state index in [0.29, 0.717) is 24.4 Å². The fourth-order valence-electron chi connectivity index (χ4n) is 2.35. The Bertz CT molecular complexity index is 577. The van der Waals surface area contributed by atoms with E-state index in [0.717, 1.165) is 0 Å². The van der Waals surface area contributed by atoms with E-state index in [2.05, 4.69) is 0 Å². The van der Waals surface area contributed by atoms with Gasteiger partial charge in [0.2, 0.25) is 10.0 Å². The Kier molecular flexibility index (Phi) is 4.42. The lowest BCUT2D eigenvalue weighted by atomic mass is 10.0. The lowest BCUT2D eigenvalue weighted by Gasteiger charge is -2.35. The Morgan fingerprint density at radius 3 is 2.68 bits per heavy atom. The molecule has 0 unspecified atom stereocenters. The monoisotopic (exact) mass is 322 g/mol. The third kappa shape index (κ3) is 3.06. The average molecular weight is 323 g/mol. The number of nitrogens with two attached hydrogens (primary N) is 1. The van der Waals surface area contributed by atoms with Crippen molar-refractivity contribution in [1.29, 1.82) is 0 Å². The van der Waals surface area contributed by atoms with Crippen molar-refractivity contribution in [3.05, 3.63) is 28.2 Å². The molecule has 0 aliphatic carbocycles. The average Bonchev–Trinajstić information content (AvgIpc) is 2.31. The van der Waals surface area contributed by atoms with Crippen molar-refractivity contribution in [2.75, 3.05) is 6.54 Å². The standard InChI is InChI=1S/C12H16Cl2N2O2S/c1-8-6-10(15)4-5-16(8)19(17,18)12-7-9(13)2-3-11(12)14/h2-3,7-8,10H,4-6,15H2,1H3/t8-,10+/m1/s1. The molecule has 1 saturated heterocycles. The SMILES string of the molecule is C[C@@H]1C[C@@H](N)CCN1S(=O)(=O)c1cc(Cl)ccc1Cl. The highest BCUT2D eigenvalue weighted by atomic mass is 35.5. The van der Waals surface area contributed by atoms with Gasteiger partial charge in [-0.3, -0.25) is 0 Å². The molecule has 0 bridgehead atoms. The summed E-state index contributed by atoms with van der Waals surface area (Å²) in [5.41, 5.74) is 5.85. The Morgan fingerprint density at radius 2 is 2.05 bits per heavy atom. The molecule has 2 N–H and O–H groups in total. The zero-order chi connectivity index (χ0) is 14.2. The summed E-state index contributed by atoms with van der Waals surface area (Å²) in [6.07, 6.45) is 1.30. The Balaban J connectivity index is 2.39. The van der Waals surface area contributed by atoms with Crippen molar-refractivity contribution in [2.45, 2.75) is 36.7 Å². The van der Waals surface area contributed by atoms with E-state index >= 15 is 0 Å². The van der Waals surface area contributed by atoms with Gasteiger partial charge in [0.1, 0.15) is 4.90 Å². The number of hydrogen-bond acceptors (Lipinski definition) is 3. The molecule has 0 aromatic heterocycles. The van der Waals surface area contributed by atoms with Gasteiger partial charge in [0, 0.05) is 23.7 Å². The predicted molar refractivity (Wildman–Crippen MR) is 77.0 cm³/mol. The molecule has 1 heterocycles. The van der Waals surface area contributed by atoms with Crippen LogP contribution in [0.5, 0.6) is 0 Å². The minimum absolute atomic E-state index is 0.0521. The van der Waals surface area contributed by atoms with Gasteiger partial charge in [-0.2, -0.15) is 4.31 Å². The lowest BCUT2D eigenvalue weighted by Crippen LogP contribution is -2.48. The molecule has 7 heteroatoms. The maximum absolute atomic E-state index is 12.6. The molecule has 19 heavy (non-hydrogen) atoms. The van der Waals surface area contributed by atoms with Crippen LogP contribution < -0.4 is 5.73 Å². The van der Waals surface area contributed by atoms with Crippen LogP contribution in [0.4, 0.5) is 0 Å². The van der Waals surface area contributed by atoms with E-state index in [1.165, 1.54) is 16.4 Å². The molecule has 1 aliphatic heterocycles. The zero-order valence-electron chi connectivity index (χ0n) is 10.5. The molecular weight excluding hydrogens is 307 g/mol. The summed E-state index contributed by atoms with van der Waals surface area (Å²) in [6, 6.07) is 4.37. The second kappa shape index (κ2) is 5.58. The summed E-state index contributed by atoms with van der Waals surface area (Å²) in [5.74, 6) is 0. The van der Waals surface area contributed by atoms with Crippen molar-refractivity contribution in [1.82, 2.24) is 4.31 Å². The van der Waals surface area contributed by atoms with Crippen molar-refractivity contribution in [3.8, 4) is 0 Å². The highest BCUT2D eigenvalue weighted by molar-refractivity contribution is 7.89. The summed E-state index contributed by atoms with van der Waals surface area (Å²) in [7, 11) is -3.63. The number of piperidine rings is 1. The van der Waals surface area contributed by atoms with Crippen molar-refractivity contribution >= 4 is 33.2 Å². The summed E-state index contributed by atoms with van der Waals surface area (Å²) in [4.78, 5) is 0.0592. The first kappa shape index (κ1) is 15.1. The van der Waals surface area contributed by atoms with Gasteiger partial charge in [-0.1, -0.05) is 23.2 Å². The molecule has 1 aliphatic rings. The molecule has 106 valence electrons. The van der Waals surface area contributed by atoms with Crippen molar-refractivity contribution in [3.63, 3.8) is 0 Å². The molecule has 1 aromatic rings. The van der Waals surface area contributed by atoms with Crippen LogP contribution in [0, 0.1) is 0 Å². The molecule has 0 radical (unpaired) electrons. The summed E-state index contributed by atoms with van der Waals surface area (Å²) in [6.45, 7) is 2.27. The predicted octanol–water partition coefficient (Wildman–Crippen LogP) is 2.49. The number of benzene rings is 1. The lowest BCUT2D eigenvalue weighted by molar-refractivity contribution is 0.247. The Labute approximate surface area is 123 Å². The summed E-state index contributed by atoms with van der Waals surface area (Å²) < 4.78 is 26.7. The second-order valence-electron chi connectivity index (χ2n) is 4.82. The summed E-state index contributed by atoms with van der Waals surface area (Å²) in [5, 5.41) is 0.538. The third-order valence-corrected chi connectivity index (χ3v) is 6.07. The normalized spacial score (nSPS) is 25.5. The van der Waals surface area contributed by atoms with Crippen LogP contribution in [0.15, 0.2) is 23.1 Å². The molecule has 1 fully saturated rings. The third-order valence-electron chi connectivity index (χ3n) is 3.34. The molecular formula is C12H16Cl2N2O2S. The first-order valence-corrected chi connectivity index (χ1v) is 8.24. The van der Waals surface area contributed by atoms with E-state index in [4.69, 9.17) is 28.9 Å². The number of halogens is 2. The van der Waals surface area contributed by atoms with Crippen LogP contribution in [0.1, 0.15) is 19.8 Å². The summed E-state index contributed by atoms with van der Waals surface area (Å²) >= 11 is 11.8. The van der Waals surface area contributed by atoms with Gasteiger partial charge in [-0.15, -0.1) is 0 Å². The molecule has 0 amide bonds. The topological polar surface area (TPSA) is 63.4 Å². The first-order chi connectivity index (χ1) is 8.82. The first-order valence-electron chi connectivity index (χ1n) is 6.05. The number of hydrogen-bond donors (Lipinski definition) is 1. The van der Waals surface area contributed by atoms with Crippen LogP contribution in [0.2, 0.25) is 10.0 Å². The van der Waals surface area contributed by atoms with E-state index in [1.54, 1.807) is 6.07 Å². The number of rotatable bonds is 2. The van der Waals surface area contributed by atoms with Crippen LogP contribution in [0.3, 0.4) is 0 Å². The highest BCUT2D eigenvalue weighted by Crippen LogP contribution is 2.31. The van der Waals surface area contributed by atoms with Gasteiger partial charge < -0.3 is 5.73 Å². The van der Waals surface area contributed by atoms with Gasteiger partial charge >= 0.3 is 0 Å². The van der Waals surface area contributed by atoms with E-state index in [1.807, 2.05) is 6.92 Å². The van der Waals surface area contributed by atoms with E-state index in [-0.39, 0.29) is 22.0 Å². The molecule has 4 nitrogen and oxygen atoms in total. The molecule has 0 spiro atoms. The van der Waals surface area contributed by atoms with Gasteiger partial charge in [-0.05, 0) is 38.0 Å². The van der Waals surface area contributed by atoms with Crippen LogP contribution in [0.25, 0.3) is 0 Å². The van der Waals surface area contributed by atoms with Crippen molar-refractivity contribution in [2.24, 2.45) is 5.73 Å². The van der Waals surface area contributed by atoms with Gasteiger partial charge in [-0.25, -0.2) is 8.42 Å².